The molecule has 0 spiro atoms. The highest BCUT2D eigenvalue weighted by Gasteiger charge is 2.20. The maximum Gasteiger partial charge on any atom is 0.326 e. The van der Waals surface area contributed by atoms with Gasteiger partial charge in [-0.25, -0.2) is 9.59 Å². The first-order chi connectivity index (χ1) is 9.49. The van der Waals surface area contributed by atoms with Gasteiger partial charge in [0.1, 0.15) is 6.04 Å². The Labute approximate surface area is 113 Å². The number of nitrogens with zero attached hydrogens (tertiary/aromatic N) is 2. The largest absolute Gasteiger partial charge is 0.481 e. The lowest BCUT2D eigenvalue weighted by Gasteiger charge is -2.13. The molecule has 110 valence electrons. The van der Waals surface area contributed by atoms with Gasteiger partial charge in [0.2, 0.25) is 6.39 Å². The molecule has 1 aromatic rings. The van der Waals surface area contributed by atoms with Gasteiger partial charge in [0.25, 0.3) is 0 Å². The molecule has 0 unspecified atom stereocenters. The summed E-state index contributed by atoms with van der Waals surface area (Å²) in [6.07, 6.45) is 0.946. The first kappa shape index (κ1) is 15.4. The molecular weight excluding hydrogens is 272 g/mol. The third-order valence-corrected chi connectivity index (χ3v) is 2.29. The summed E-state index contributed by atoms with van der Waals surface area (Å²) >= 11 is 0. The molecular formula is C10H14N4O6. The van der Waals surface area contributed by atoms with E-state index in [0.29, 0.717) is 12.2 Å². The Morgan fingerprint density at radius 2 is 2.10 bits per heavy atom. The molecule has 0 aliphatic rings. The number of carbonyl (C=O) groups excluding carboxylic acids is 1. The van der Waals surface area contributed by atoms with Gasteiger partial charge in [-0.05, 0) is 6.42 Å². The smallest absolute Gasteiger partial charge is 0.326 e. The normalized spacial score (nSPS) is 11.6. The molecule has 0 saturated heterocycles. The van der Waals surface area contributed by atoms with Crippen LogP contribution >= 0.6 is 0 Å². The molecule has 10 heteroatoms. The number of carboxylic acids is 2. The minimum atomic E-state index is -1.29. The molecule has 0 fully saturated rings. The van der Waals surface area contributed by atoms with Crippen LogP contribution < -0.4 is 10.6 Å². The molecule has 0 aliphatic heterocycles. The van der Waals surface area contributed by atoms with Gasteiger partial charge in [-0.1, -0.05) is 5.16 Å². The van der Waals surface area contributed by atoms with Crippen molar-refractivity contribution >= 4 is 18.0 Å². The molecule has 2 amide bonds. The summed E-state index contributed by atoms with van der Waals surface area (Å²) in [5.41, 5.74) is 0. The van der Waals surface area contributed by atoms with E-state index < -0.39 is 24.0 Å². The zero-order valence-corrected chi connectivity index (χ0v) is 10.4. The molecule has 0 bridgehead atoms. The van der Waals surface area contributed by atoms with Crippen LogP contribution in [0, 0.1) is 0 Å². The zero-order valence-electron chi connectivity index (χ0n) is 10.4. The van der Waals surface area contributed by atoms with Crippen LogP contribution in [-0.2, 0) is 16.0 Å². The lowest BCUT2D eigenvalue weighted by Crippen LogP contribution is -2.46. The van der Waals surface area contributed by atoms with Crippen molar-refractivity contribution in [2.75, 3.05) is 6.54 Å². The Kier molecular flexibility index (Phi) is 5.94. The fraction of sp³-hybridized carbons (Fsp3) is 0.500. The Balaban J connectivity index is 2.30. The first-order valence-electron chi connectivity index (χ1n) is 5.73. The second kappa shape index (κ2) is 7.71. The van der Waals surface area contributed by atoms with Gasteiger partial charge in [-0.15, -0.1) is 0 Å². The van der Waals surface area contributed by atoms with E-state index in [0.717, 1.165) is 6.39 Å². The number of urea groups is 1. The number of amides is 2. The van der Waals surface area contributed by atoms with E-state index in [-0.39, 0.29) is 19.4 Å². The molecule has 1 atom stereocenters. The van der Waals surface area contributed by atoms with E-state index in [1.807, 2.05) is 0 Å². The number of rotatable bonds is 8. The van der Waals surface area contributed by atoms with Gasteiger partial charge in [-0.2, -0.15) is 4.98 Å². The van der Waals surface area contributed by atoms with Crippen LogP contribution in [-0.4, -0.2) is 50.9 Å². The van der Waals surface area contributed by atoms with Crippen LogP contribution in [0.25, 0.3) is 0 Å². The maximum atomic E-state index is 11.4. The second-order valence-electron chi connectivity index (χ2n) is 3.82. The van der Waals surface area contributed by atoms with Gasteiger partial charge in [0.15, 0.2) is 5.82 Å². The predicted molar refractivity (Wildman–Crippen MR) is 62.8 cm³/mol. The predicted octanol–water partition coefficient (Wildman–Crippen LogP) is -0.771. The maximum absolute atomic E-state index is 11.4. The van der Waals surface area contributed by atoms with Crippen LogP contribution in [0.1, 0.15) is 18.7 Å². The first-order valence-corrected chi connectivity index (χ1v) is 5.73. The van der Waals surface area contributed by atoms with Crippen molar-refractivity contribution in [1.29, 1.82) is 0 Å². The average Bonchev–Trinajstić information content (AvgIpc) is 2.87. The van der Waals surface area contributed by atoms with Crippen molar-refractivity contribution in [1.82, 2.24) is 20.8 Å². The van der Waals surface area contributed by atoms with Crippen LogP contribution in [0.2, 0.25) is 0 Å². The van der Waals surface area contributed by atoms with E-state index in [1.165, 1.54) is 0 Å². The highest BCUT2D eigenvalue weighted by Crippen LogP contribution is 1.98. The molecule has 0 aliphatic carbocycles. The van der Waals surface area contributed by atoms with E-state index >= 15 is 0 Å². The molecule has 10 nitrogen and oxygen atoms in total. The molecule has 1 heterocycles. The van der Waals surface area contributed by atoms with Crippen LogP contribution in [0.15, 0.2) is 10.9 Å². The van der Waals surface area contributed by atoms with E-state index in [9.17, 15) is 14.4 Å². The van der Waals surface area contributed by atoms with Crippen molar-refractivity contribution in [2.45, 2.75) is 25.3 Å². The standard InChI is InChI=1S/C10H14N4O6/c15-8(16)2-1-6(9(17)18)13-10(19)11-4-3-7-12-5-20-14-7/h5-6H,1-4H2,(H,15,16)(H,17,18)(H2,11,13,19)/t6-/m0/s1. The number of hydrogen-bond acceptors (Lipinski definition) is 6. The Hall–Kier alpha value is -2.65. The summed E-state index contributed by atoms with van der Waals surface area (Å²) in [4.78, 5) is 36.4. The van der Waals surface area contributed by atoms with Gasteiger partial charge < -0.3 is 25.4 Å². The minimum Gasteiger partial charge on any atom is -0.481 e. The second-order valence-corrected chi connectivity index (χ2v) is 3.82. The lowest BCUT2D eigenvalue weighted by atomic mass is 10.1. The summed E-state index contributed by atoms with van der Waals surface area (Å²) in [6.45, 7) is 0.191. The fourth-order valence-corrected chi connectivity index (χ4v) is 1.32. The summed E-state index contributed by atoms with van der Waals surface area (Å²) in [5.74, 6) is -2.01. The van der Waals surface area contributed by atoms with Gasteiger partial charge >= 0.3 is 18.0 Å². The number of carboxylic acid groups (broad SMARTS) is 2. The third kappa shape index (κ3) is 5.80. The Morgan fingerprint density at radius 1 is 1.35 bits per heavy atom. The van der Waals surface area contributed by atoms with Crippen molar-refractivity contribution in [3.05, 3.63) is 12.2 Å². The molecule has 1 aromatic heterocycles. The molecule has 0 radical (unpaired) electrons. The number of aliphatic carboxylic acids is 2. The van der Waals surface area contributed by atoms with Crippen LogP contribution in [0.3, 0.4) is 0 Å². The Morgan fingerprint density at radius 3 is 2.65 bits per heavy atom. The van der Waals surface area contributed by atoms with Crippen LogP contribution in [0.4, 0.5) is 4.79 Å². The molecule has 0 aromatic carbocycles. The zero-order chi connectivity index (χ0) is 15.0. The van der Waals surface area contributed by atoms with Gasteiger partial charge in [-0.3, -0.25) is 4.79 Å². The monoisotopic (exact) mass is 286 g/mol. The summed E-state index contributed by atoms with van der Waals surface area (Å²) in [7, 11) is 0. The van der Waals surface area contributed by atoms with E-state index in [1.54, 1.807) is 0 Å². The van der Waals surface area contributed by atoms with Gasteiger partial charge in [0, 0.05) is 19.4 Å². The fourth-order valence-electron chi connectivity index (χ4n) is 1.32. The van der Waals surface area contributed by atoms with Crippen molar-refractivity contribution in [3.8, 4) is 0 Å². The molecule has 20 heavy (non-hydrogen) atoms. The van der Waals surface area contributed by atoms with E-state index in [4.69, 9.17) is 10.2 Å². The van der Waals surface area contributed by atoms with Crippen molar-refractivity contribution in [3.63, 3.8) is 0 Å². The molecule has 0 saturated carbocycles. The lowest BCUT2D eigenvalue weighted by molar-refractivity contribution is -0.140. The Bertz CT molecular complexity index is 460. The number of carbonyl (C=O) groups is 3. The molecule has 4 N–H and O–H groups in total. The number of nitrogens with one attached hydrogen (secondary N) is 2. The highest BCUT2D eigenvalue weighted by atomic mass is 16.5. The number of hydrogen-bond donors (Lipinski definition) is 4. The molecule has 1 rings (SSSR count). The highest BCUT2D eigenvalue weighted by molar-refractivity contribution is 5.82. The van der Waals surface area contributed by atoms with Crippen LogP contribution in [0.5, 0.6) is 0 Å². The summed E-state index contributed by atoms with van der Waals surface area (Å²) in [6, 6.07) is -1.96. The number of aromatic nitrogens is 2. The third-order valence-electron chi connectivity index (χ3n) is 2.29. The van der Waals surface area contributed by atoms with Gasteiger partial charge in [0.05, 0.1) is 0 Å². The van der Waals surface area contributed by atoms with Crippen molar-refractivity contribution in [2.24, 2.45) is 0 Å². The topological polar surface area (TPSA) is 155 Å². The summed E-state index contributed by atoms with van der Waals surface area (Å²) in [5, 5.41) is 25.4. The minimum absolute atomic E-state index is 0.191. The average molecular weight is 286 g/mol. The quantitative estimate of drug-likeness (QED) is 0.485. The van der Waals surface area contributed by atoms with Crippen molar-refractivity contribution < 1.29 is 29.1 Å². The summed E-state index contributed by atoms with van der Waals surface area (Å²) < 4.78 is 4.50. The SMILES string of the molecule is O=C(O)CC[C@H](NC(=O)NCCc1ncon1)C(=O)O. The van der Waals surface area contributed by atoms with E-state index in [2.05, 4.69) is 25.3 Å².